The van der Waals surface area contributed by atoms with E-state index in [0.29, 0.717) is 31.7 Å². The summed E-state index contributed by atoms with van der Waals surface area (Å²) in [5, 5.41) is 15.6. The number of cyclic esters (lactones) is 1. The molecule has 54 heavy (non-hydrogen) atoms. The Morgan fingerprint density at radius 3 is 2.26 bits per heavy atom. The highest BCUT2D eigenvalue weighted by atomic mass is 16.6. The van der Waals surface area contributed by atoms with E-state index >= 15 is 0 Å². The lowest BCUT2D eigenvalue weighted by Gasteiger charge is -2.29. The third kappa shape index (κ3) is 10.4. The van der Waals surface area contributed by atoms with Gasteiger partial charge >= 0.3 is 12.1 Å². The molecule has 1 saturated carbocycles. The van der Waals surface area contributed by atoms with Crippen molar-refractivity contribution >= 4 is 23.9 Å². The number of carbonyl (C=O) groups excluding carboxylic acids is 4. The summed E-state index contributed by atoms with van der Waals surface area (Å²) in [5.41, 5.74) is 5.39. The summed E-state index contributed by atoms with van der Waals surface area (Å²) in [4.78, 5) is 55.9. The molecular formula is C44H53N3O7. The van der Waals surface area contributed by atoms with Crippen LogP contribution >= 0.6 is 0 Å². The van der Waals surface area contributed by atoms with Crippen LogP contribution in [0.15, 0.2) is 91.0 Å². The van der Waals surface area contributed by atoms with E-state index in [2.05, 4.69) is 34.9 Å². The highest BCUT2D eigenvalue weighted by Gasteiger charge is 2.32. The van der Waals surface area contributed by atoms with Crippen molar-refractivity contribution in [3.63, 3.8) is 0 Å². The fourth-order valence-corrected chi connectivity index (χ4v) is 8.11. The number of benzene rings is 3. The first-order chi connectivity index (χ1) is 26.4. The number of carbonyl (C=O) groups is 4. The Morgan fingerprint density at radius 2 is 1.56 bits per heavy atom. The number of nitrogens with one attached hydrogen (secondary N) is 2. The number of hydrogen-bond donors (Lipinski definition) is 3. The molecule has 0 radical (unpaired) electrons. The molecule has 3 aromatic rings. The normalized spacial score (nSPS) is 20.9. The van der Waals surface area contributed by atoms with Crippen LogP contribution < -0.4 is 10.6 Å². The topological polar surface area (TPSA) is 134 Å². The Hall–Kier alpha value is -4.96. The molecule has 3 aliphatic rings. The van der Waals surface area contributed by atoms with Crippen LogP contribution in [0.25, 0.3) is 11.1 Å². The number of nitrogens with zero attached hydrogens (tertiary/aromatic N) is 1. The second kappa shape index (κ2) is 19.4. The molecule has 2 aliphatic carbocycles. The van der Waals surface area contributed by atoms with Gasteiger partial charge in [0.25, 0.3) is 0 Å². The standard InChI is InChI=1S/C44H53N3O7/c48-25-24-47(28-32-16-6-2-7-17-32)41(49)27-33-18-8-3-9-23-40(43(51)53-29-34(45-42(33)50)26-31-14-4-1-5-15-31)46-44(52)54-30-39-37-21-12-10-19-35(37)36-20-11-13-22-38(36)39/h2-3,6-8,10-13,16-17,19-22,31,33-34,39-40,48H,1,4-5,9,14-15,18,23-30H2,(H,45,50)(H,46,52)/t33-,34+,40+/m1/s1. The number of aliphatic hydroxyl groups excluding tert-OH is 1. The largest absolute Gasteiger partial charge is 0.462 e. The number of hydrogen-bond acceptors (Lipinski definition) is 7. The van der Waals surface area contributed by atoms with Gasteiger partial charge in [-0.15, -0.1) is 0 Å². The lowest BCUT2D eigenvalue weighted by Crippen LogP contribution is -2.46. The maximum atomic E-state index is 13.9. The number of alkyl carbamates (subject to hydrolysis) is 1. The minimum Gasteiger partial charge on any atom is -0.462 e. The first-order valence-electron chi connectivity index (χ1n) is 19.6. The summed E-state index contributed by atoms with van der Waals surface area (Å²) >= 11 is 0. The molecule has 3 aromatic carbocycles. The van der Waals surface area contributed by atoms with Crippen molar-refractivity contribution in [2.45, 2.75) is 88.8 Å². The lowest BCUT2D eigenvalue weighted by molar-refractivity contribution is -0.148. The van der Waals surface area contributed by atoms with Gasteiger partial charge in [0.2, 0.25) is 11.8 Å². The van der Waals surface area contributed by atoms with Gasteiger partial charge in [0, 0.05) is 25.4 Å². The molecule has 0 aromatic heterocycles. The maximum Gasteiger partial charge on any atom is 0.407 e. The Labute approximate surface area is 318 Å². The van der Waals surface area contributed by atoms with Crippen molar-refractivity contribution in [3.05, 3.63) is 108 Å². The molecule has 0 saturated heterocycles. The van der Waals surface area contributed by atoms with Gasteiger partial charge in [0.1, 0.15) is 19.3 Å². The number of aliphatic hydroxyl groups is 1. The van der Waals surface area contributed by atoms with Gasteiger partial charge in [0.05, 0.1) is 18.6 Å². The Kier molecular flexibility index (Phi) is 13.9. The first-order valence-corrected chi connectivity index (χ1v) is 19.6. The zero-order chi connectivity index (χ0) is 37.7. The molecule has 6 rings (SSSR count). The fourth-order valence-electron chi connectivity index (χ4n) is 8.11. The van der Waals surface area contributed by atoms with Crippen molar-refractivity contribution in [1.82, 2.24) is 15.5 Å². The summed E-state index contributed by atoms with van der Waals surface area (Å²) in [5.74, 6) is -1.43. The van der Waals surface area contributed by atoms with Crippen LogP contribution in [0.3, 0.4) is 0 Å². The fraction of sp³-hybridized carbons (Fsp3) is 0.455. The van der Waals surface area contributed by atoms with Gasteiger partial charge in [-0.3, -0.25) is 9.59 Å². The molecule has 286 valence electrons. The highest BCUT2D eigenvalue weighted by Crippen LogP contribution is 2.44. The average Bonchev–Trinajstić information content (AvgIpc) is 3.51. The van der Waals surface area contributed by atoms with E-state index in [1.807, 2.05) is 66.7 Å². The van der Waals surface area contributed by atoms with Crippen molar-refractivity contribution in [3.8, 4) is 11.1 Å². The van der Waals surface area contributed by atoms with E-state index < -0.39 is 30.1 Å². The Morgan fingerprint density at radius 1 is 0.870 bits per heavy atom. The van der Waals surface area contributed by atoms with Crippen LogP contribution in [0.1, 0.15) is 86.8 Å². The number of ether oxygens (including phenoxy) is 2. The number of amides is 3. The molecule has 3 atom stereocenters. The second-order valence-electron chi connectivity index (χ2n) is 14.8. The quantitative estimate of drug-likeness (QED) is 0.148. The average molecular weight is 736 g/mol. The van der Waals surface area contributed by atoms with Crippen LogP contribution in [-0.2, 0) is 30.4 Å². The van der Waals surface area contributed by atoms with Gasteiger partial charge in [-0.05, 0) is 59.4 Å². The number of allylic oxidation sites excluding steroid dienone is 2. The van der Waals surface area contributed by atoms with Gasteiger partial charge in [-0.2, -0.15) is 0 Å². The van der Waals surface area contributed by atoms with Gasteiger partial charge in [-0.1, -0.05) is 123 Å². The van der Waals surface area contributed by atoms with Crippen LogP contribution in [0, 0.1) is 11.8 Å². The molecule has 0 unspecified atom stereocenters. The van der Waals surface area contributed by atoms with Crippen LogP contribution in [0.2, 0.25) is 0 Å². The molecule has 1 fully saturated rings. The second-order valence-corrected chi connectivity index (χ2v) is 14.8. The van der Waals surface area contributed by atoms with Gasteiger partial charge in [-0.25, -0.2) is 9.59 Å². The molecule has 1 heterocycles. The molecule has 10 nitrogen and oxygen atoms in total. The maximum absolute atomic E-state index is 13.9. The Bertz CT molecular complexity index is 1710. The first kappa shape index (κ1) is 38.8. The minimum atomic E-state index is -0.945. The lowest BCUT2D eigenvalue weighted by atomic mass is 9.84. The van der Waals surface area contributed by atoms with Crippen LogP contribution in [0.5, 0.6) is 0 Å². The molecule has 0 bridgehead atoms. The van der Waals surface area contributed by atoms with E-state index in [9.17, 15) is 24.3 Å². The third-order valence-corrected chi connectivity index (χ3v) is 11.0. The van der Waals surface area contributed by atoms with E-state index in [-0.39, 0.29) is 56.9 Å². The highest BCUT2D eigenvalue weighted by molar-refractivity contribution is 5.86. The predicted octanol–water partition coefficient (Wildman–Crippen LogP) is 6.66. The molecule has 10 heteroatoms. The number of esters is 1. The molecule has 3 N–H and O–H groups in total. The van der Waals surface area contributed by atoms with Crippen molar-refractivity contribution in [2.24, 2.45) is 11.8 Å². The molecule has 0 spiro atoms. The van der Waals surface area contributed by atoms with E-state index in [1.54, 1.807) is 4.90 Å². The summed E-state index contributed by atoms with van der Waals surface area (Å²) in [6.45, 7) is 0.398. The number of rotatable bonds is 11. The molecular weight excluding hydrogens is 682 g/mol. The van der Waals surface area contributed by atoms with Crippen molar-refractivity contribution in [2.75, 3.05) is 26.4 Å². The third-order valence-electron chi connectivity index (χ3n) is 11.0. The minimum absolute atomic E-state index is 0.0229. The monoisotopic (exact) mass is 735 g/mol. The predicted molar refractivity (Wildman–Crippen MR) is 206 cm³/mol. The smallest absolute Gasteiger partial charge is 0.407 e. The van der Waals surface area contributed by atoms with Crippen LogP contribution in [-0.4, -0.2) is 72.3 Å². The van der Waals surface area contributed by atoms with E-state index in [0.717, 1.165) is 53.5 Å². The zero-order valence-electron chi connectivity index (χ0n) is 31.0. The summed E-state index contributed by atoms with van der Waals surface area (Å²) in [7, 11) is 0. The van der Waals surface area contributed by atoms with Gasteiger partial charge < -0.3 is 30.1 Å². The van der Waals surface area contributed by atoms with E-state index in [1.165, 1.54) is 6.42 Å². The Balaban J connectivity index is 1.12. The summed E-state index contributed by atoms with van der Waals surface area (Å²) in [6.07, 6.45) is 10.3. The summed E-state index contributed by atoms with van der Waals surface area (Å²) < 4.78 is 11.6. The molecule has 1 aliphatic heterocycles. The van der Waals surface area contributed by atoms with Crippen molar-refractivity contribution < 1.29 is 33.8 Å². The van der Waals surface area contributed by atoms with Crippen LogP contribution in [0.4, 0.5) is 4.79 Å². The SMILES string of the molecule is O=C(N[C@H]1CCC=CC[C@H](CC(=O)N(CCO)Cc2ccccc2)C(=O)N[C@@H](CC2CCCCC2)COC1=O)OCC1c2ccccc2-c2ccccc21. The van der Waals surface area contributed by atoms with Gasteiger partial charge in [0.15, 0.2) is 0 Å². The zero-order valence-corrected chi connectivity index (χ0v) is 31.0. The van der Waals surface area contributed by atoms with E-state index in [4.69, 9.17) is 9.47 Å². The number of fused-ring (bicyclic) bond motifs is 3. The molecule has 3 amide bonds. The van der Waals surface area contributed by atoms with Crippen molar-refractivity contribution in [1.29, 1.82) is 0 Å². The summed E-state index contributed by atoms with van der Waals surface area (Å²) in [6, 6.07) is 24.4.